The summed E-state index contributed by atoms with van der Waals surface area (Å²) in [6.07, 6.45) is 0.977. The molecule has 19 heavy (non-hydrogen) atoms. The van der Waals surface area contributed by atoms with Crippen molar-refractivity contribution in [2.24, 2.45) is 0 Å². The number of hydrogen-bond donors (Lipinski definition) is 1. The molecule has 4 nitrogen and oxygen atoms in total. The molecule has 3 atom stereocenters. The summed E-state index contributed by atoms with van der Waals surface area (Å²) in [5.74, 6) is -0.744. The lowest BCUT2D eigenvalue weighted by atomic mass is 9.99. The number of aliphatic carboxylic acids is 1. The summed E-state index contributed by atoms with van der Waals surface area (Å²) >= 11 is 0. The van der Waals surface area contributed by atoms with Crippen molar-refractivity contribution in [3.63, 3.8) is 0 Å². The second-order valence-electron chi connectivity index (χ2n) is 4.59. The number of carbonyl (C=O) groups is 1. The van der Waals surface area contributed by atoms with Crippen molar-refractivity contribution >= 4 is 16.8 Å². The molecular formula is C14H18O4S. The first-order valence-corrected chi connectivity index (χ1v) is 7.81. The van der Waals surface area contributed by atoms with Crippen molar-refractivity contribution in [3.8, 4) is 0 Å². The lowest BCUT2D eigenvalue weighted by Gasteiger charge is -2.26. The van der Waals surface area contributed by atoms with E-state index in [1.54, 1.807) is 6.92 Å². The average Bonchev–Trinajstić information content (AvgIpc) is 2.39. The van der Waals surface area contributed by atoms with Crippen LogP contribution in [0.25, 0.3) is 0 Å². The second-order valence-corrected chi connectivity index (χ2v) is 6.25. The van der Waals surface area contributed by atoms with Gasteiger partial charge in [0.25, 0.3) is 0 Å². The Labute approximate surface area is 115 Å². The minimum atomic E-state index is -1.42. The summed E-state index contributed by atoms with van der Waals surface area (Å²) in [5.41, 5.74) is 2.25. The minimum absolute atomic E-state index is 0.251. The van der Waals surface area contributed by atoms with Crippen LogP contribution in [0.4, 0.5) is 0 Å². The third-order valence-electron chi connectivity index (χ3n) is 3.37. The maximum Gasteiger partial charge on any atom is 0.319 e. The van der Waals surface area contributed by atoms with E-state index in [0.29, 0.717) is 13.0 Å². The van der Waals surface area contributed by atoms with Crippen LogP contribution >= 0.6 is 0 Å². The Morgan fingerprint density at radius 3 is 2.95 bits per heavy atom. The van der Waals surface area contributed by atoms with Crippen LogP contribution in [0.2, 0.25) is 0 Å². The number of benzene rings is 1. The zero-order chi connectivity index (χ0) is 13.8. The Morgan fingerprint density at radius 2 is 2.26 bits per heavy atom. The van der Waals surface area contributed by atoms with Gasteiger partial charge >= 0.3 is 5.97 Å². The van der Waals surface area contributed by atoms with Gasteiger partial charge in [-0.1, -0.05) is 31.2 Å². The molecule has 1 aliphatic rings. The molecule has 1 aliphatic heterocycles. The third-order valence-corrected chi connectivity index (χ3v) is 5.17. The summed E-state index contributed by atoms with van der Waals surface area (Å²) in [6, 6.07) is 7.92. The van der Waals surface area contributed by atoms with Gasteiger partial charge in [-0.3, -0.25) is 9.00 Å². The number of carboxylic acids is 1. The fraction of sp³-hybridized carbons (Fsp3) is 0.500. The van der Waals surface area contributed by atoms with Gasteiger partial charge in [0.05, 0.1) is 18.5 Å². The van der Waals surface area contributed by atoms with Gasteiger partial charge in [0.1, 0.15) is 5.25 Å². The molecule has 2 rings (SSSR count). The largest absolute Gasteiger partial charge is 0.480 e. The SMILES string of the molecule is CCC(C(=O)O)S(=O)CC1OCCc2ccccc21. The Morgan fingerprint density at radius 1 is 1.53 bits per heavy atom. The molecule has 0 saturated heterocycles. The fourth-order valence-corrected chi connectivity index (χ4v) is 3.76. The smallest absolute Gasteiger partial charge is 0.319 e. The first-order chi connectivity index (χ1) is 9.13. The normalized spacial score (nSPS) is 21.4. The van der Waals surface area contributed by atoms with Crippen LogP contribution in [0.3, 0.4) is 0 Å². The zero-order valence-corrected chi connectivity index (χ0v) is 11.7. The maximum atomic E-state index is 12.1. The molecule has 0 spiro atoms. The van der Waals surface area contributed by atoms with Gasteiger partial charge in [-0.15, -0.1) is 0 Å². The first kappa shape index (κ1) is 14.2. The van der Waals surface area contributed by atoms with Crippen LogP contribution in [0.5, 0.6) is 0 Å². The topological polar surface area (TPSA) is 63.6 Å². The van der Waals surface area contributed by atoms with Crippen molar-refractivity contribution in [2.75, 3.05) is 12.4 Å². The van der Waals surface area contributed by atoms with E-state index in [-0.39, 0.29) is 11.9 Å². The average molecular weight is 282 g/mol. The molecule has 0 bridgehead atoms. The summed E-state index contributed by atoms with van der Waals surface area (Å²) in [5, 5.41) is 8.23. The molecule has 0 aliphatic carbocycles. The van der Waals surface area contributed by atoms with Gasteiger partial charge in [0, 0.05) is 10.8 Å². The standard InChI is InChI=1S/C14H18O4S/c1-2-13(14(15)16)19(17)9-12-11-6-4-3-5-10(11)7-8-18-12/h3-6,12-13H,2,7-9H2,1H3,(H,15,16). The number of hydrogen-bond acceptors (Lipinski definition) is 3. The zero-order valence-electron chi connectivity index (χ0n) is 10.9. The van der Waals surface area contributed by atoms with Crippen molar-refractivity contribution in [2.45, 2.75) is 31.1 Å². The Bertz CT molecular complexity index is 486. The van der Waals surface area contributed by atoms with Gasteiger partial charge in [-0.2, -0.15) is 0 Å². The van der Waals surface area contributed by atoms with E-state index in [0.717, 1.165) is 12.0 Å². The van der Waals surface area contributed by atoms with Crippen molar-refractivity contribution in [3.05, 3.63) is 35.4 Å². The monoisotopic (exact) mass is 282 g/mol. The van der Waals surface area contributed by atoms with Crippen LogP contribution < -0.4 is 0 Å². The highest BCUT2D eigenvalue weighted by Crippen LogP contribution is 2.28. The predicted octanol–water partition coefficient (Wildman–Crippen LogP) is 1.91. The van der Waals surface area contributed by atoms with Crippen LogP contribution in [-0.4, -0.2) is 32.9 Å². The lowest BCUT2D eigenvalue weighted by Crippen LogP contribution is -2.30. The highest BCUT2D eigenvalue weighted by atomic mass is 32.2. The third kappa shape index (κ3) is 3.22. The van der Waals surface area contributed by atoms with E-state index in [1.807, 2.05) is 24.3 Å². The number of ether oxygens (including phenoxy) is 1. The molecule has 1 N–H and O–H groups in total. The van der Waals surface area contributed by atoms with Crippen molar-refractivity contribution in [1.29, 1.82) is 0 Å². The highest BCUT2D eigenvalue weighted by Gasteiger charge is 2.28. The van der Waals surface area contributed by atoms with Gasteiger partial charge in [-0.05, 0) is 24.0 Å². The van der Waals surface area contributed by atoms with E-state index in [1.165, 1.54) is 5.56 Å². The van der Waals surface area contributed by atoms with Crippen molar-refractivity contribution < 1.29 is 18.8 Å². The molecule has 0 aromatic heterocycles. The van der Waals surface area contributed by atoms with E-state index in [4.69, 9.17) is 9.84 Å². The molecule has 0 saturated carbocycles. The fourth-order valence-electron chi connectivity index (χ4n) is 2.35. The molecular weight excluding hydrogens is 264 g/mol. The summed E-state index contributed by atoms with van der Waals surface area (Å²) in [7, 11) is -1.42. The van der Waals surface area contributed by atoms with Crippen molar-refractivity contribution in [1.82, 2.24) is 0 Å². The van der Waals surface area contributed by atoms with Gasteiger partial charge in [0.15, 0.2) is 0 Å². The maximum absolute atomic E-state index is 12.1. The molecule has 104 valence electrons. The lowest BCUT2D eigenvalue weighted by molar-refractivity contribution is -0.136. The Hall–Kier alpha value is -1.20. The van der Waals surface area contributed by atoms with Crippen LogP contribution in [0.1, 0.15) is 30.6 Å². The Balaban J connectivity index is 2.12. The first-order valence-electron chi connectivity index (χ1n) is 6.43. The van der Waals surface area contributed by atoms with E-state index in [9.17, 15) is 9.00 Å². The van der Waals surface area contributed by atoms with Crippen LogP contribution in [-0.2, 0) is 26.8 Å². The van der Waals surface area contributed by atoms with Gasteiger partial charge in [-0.25, -0.2) is 0 Å². The number of fused-ring (bicyclic) bond motifs is 1. The molecule has 0 fully saturated rings. The molecule has 1 heterocycles. The van der Waals surface area contributed by atoms with Crippen LogP contribution in [0.15, 0.2) is 24.3 Å². The van der Waals surface area contributed by atoms with Crippen LogP contribution in [0, 0.1) is 0 Å². The number of rotatable bonds is 5. The van der Waals surface area contributed by atoms with Gasteiger partial charge in [0.2, 0.25) is 0 Å². The molecule has 5 heteroatoms. The summed E-state index contributed by atoms with van der Waals surface area (Å²) in [6.45, 7) is 2.34. The quantitative estimate of drug-likeness (QED) is 0.896. The van der Waals surface area contributed by atoms with E-state index in [2.05, 4.69) is 0 Å². The molecule has 1 aromatic rings. The molecule has 0 amide bonds. The van der Waals surface area contributed by atoms with Gasteiger partial charge < -0.3 is 9.84 Å². The molecule has 3 unspecified atom stereocenters. The van der Waals surface area contributed by atoms with E-state index < -0.39 is 22.0 Å². The van der Waals surface area contributed by atoms with E-state index >= 15 is 0 Å². The molecule has 0 radical (unpaired) electrons. The number of carboxylic acid groups (broad SMARTS) is 1. The Kier molecular flexibility index (Phi) is 4.71. The minimum Gasteiger partial charge on any atom is -0.480 e. The second kappa shape index (κ2) is 6.30. The summed E-state index contributed by atoms with van der Waals surface area (Å²) < 4.78 is 17.8. The highest BCUT2D eigenvalue weighted by molar-refractivity contribution is 7.86. The predicted molar refractivity (Wildman–Crippen MR) is 73.6 cm³/mol. The summed E-state index contributed by atoms with van der Waals surface area (Å²) in [4.78, 5) is 11.0. The molecule has 1 aromatic carbocycles.